The van der Waals surface area contributed by atoms with E-state index in [-0.39, 0.29) is 6.04 Å². The third-order valence-corrected chi connectivity index (χ3v) is 2.68. The van der Waals surface area contributed by atoms with E-state index >= 15 is 0 Å². The number of anilines is 1. The predicted molar refractivity (Wildman–Crippen MR) is 63.5 cm³/mol. The second-order valence-electron chi connectivity index (χ2n) is 4.12. The summed E-state index contributed by atoms with van der Waals surface area (Å²) in [7, 11) is 0. The molecule has 0 aromatic carbocycles. The largest absolute Gasteiger partial charge is 0.464 e. The lowest BCUT2D eigenvalue weighted by Crippen LogP contribution is -2.06. The number of aromatic nitrogens is 2. The molecule has 0 saturated carbocycles. The van der Waals surface area contributed by atoms with Crippen LogP contribution in [0.3, 0.4) is 0 Å². The van der Waals surface area contributed by atoms with E-state index in [0.717, 1.165) is 28.6 Å². The molecule has 0 saturated heterocycles. The van der Waals surface area contributed by atoms with Crippen LogP contribution in [0.15, 0.2) is 16.5 Å². The van der Waals surface area contributed by atoms with Gasteiger partial charge in [0.2, 0.25) is 0 Å². The fourth-order valence-corrected chi connectivity index (χ4v) is 1.74. The minimum Gasteiger partial charge on any atom is -0.464 e. The van der Waals surface area contributed by atoms with Gasteiger partial charge in [-0.2, -0.15) is 5.10 Å². The fraction of sp³-hybridized carbons (Fsp3) is 0.417. The minimum atomic E-state index is 0.142. The van der Waals surface area contributed by atoms with Crippen LogP contribution in [0.1, 0.15) is 35.9 Å². The van der Waals surface area contributed by atoms with E-state index in [0.29, 0.717) is 0 Å². The lowest BCUT2D eigenvalue weighted by atomic mass is 10.2. The van der Waals surface area contributed by atoms with Gasteiger partial charge in [-0.1, -0.05) is 0 Å². The van der Waals surface area contributed by atoms with E-state index in [9.17, 15) is 0 Å². The van der Waals surface area contributed by atoms with Crippen LogP contribution in [0.5, 0.6) is 0 Å². The molecule has 0 spiro atoms. The summed E-state index contributed by atoms with van der Waals surface area (Å²) in [6, 6.07) is 4.11. The van der Waals surface area contributed by atoms with Crippen molar-refractivity contribution in [1.29, 1.82) is 0 Å². The van der Waals surface area contributed by atoms with Crippen molar-refractivity contribution in [3.05, 3.63) is 35.0 Å². The molecule has 2 N–H and O–H groups in total. The first-order chi connectivity index (χ1) is 7.58. The summed E-state index contributed by atoms with van der Waals surface area (Å²) in [5.74, 6) is 1.88. The van der Waals surface area contributed by atoms with E-state index in [2.05, 4.69) is 22.4 Å². The van der Waals surface area contributed by atoms with Crippen LogP contribution in [0, 0.1) is 20.8 Å². The molecule has 4 nitrogen and oxygen atoms in total. The average Bonchev–Trinajstić information content (AvgIpc) is 2.79. The molecule has 1 unspecified atom stereocenters. The molecule has 0 fully saturated rings. The Hall–Kier alpha value is -1.71. The van der Waals surface area contributed by atoms with Crippen LogP contribution in [-0.4, -0.2) is 10.2 Å². The van der Waals surface area contributed by atoms with E-state index in [1.165, 1.54) is 0 Å². The molecule has 1 atom stereocenters. The number of rotatable bonds is 3. The summed E-state index contributed by atoms with van der Waals surface area (Å²) < 4.78 is 5.58. The van der Waals surface area contributed by atoms with Gasteiger partial charge in [0.15, 0.2) is 0 Å². The molecular weight excluding hydrogens is 202 g/mol. The standard InChI is InChI=1S/C12H17N3O/c1-7-5-6-11(16-7)8(2)13-12-9(3)14-15-10(12)4/h5-6,8,13H,1-4H3,(H,14,15). The Kier molecular flexibility index (Phi) is 2.73. The number of nitrogens with zero attached hydrogens (tertiary/aromatic N) is 1. The topological polar surface area (TPSA) is 53.9 Å². The predicted octanol–water partition coefficient (Wildman–Crippen LogP) is 3.10. The van der Waals surface area contributed by atoms with Crippen LogP contribution in [0.25, 0.3) is 0 Å². The number of nitrogens with one attached hydrogen (secondary N) is 2. The molecule has 2 heterocycles. The number of aryl methyl sites for hydroxylation is 3. The van der Waals surface area contributed by atoms with Crippen LogP contribution in [-0.2, 0) is 0 Å². The summed E-state index contributed by atoms with van der Waals surface area (Å²) in [6.07, 6.45) is 0. The number of hydrogen-bond acceptors (Lipinski definition) is 3. The molecule has 86 valence electrons. The summed E-state index contributed by atoms with van der Waals surface area (Å²) in [5.41, 5.74) is 3.09. The summed E-state index contributed by atoms with van der Waals surface area (Å²) >= 11 is 0. The third kappa shape index (κ3) is 1.96. The van der Waals surface area contributed by atoms with Gasteiger partial charge in [0.05, 0.1) is 23.1 Å². The highest BCUT2D eigenvalue weighted by atomic mass is 16.3. The van der Waals surface area contributed by atoms with Gasteiger partial charge in [-0.3, -0.25) is 5.10 Å². The Morgan fingerprint density at radius 3 is 2.56 bits per heavy atom. The highest BCUT2D eigenvalue weighted by Crippen LogP contribution is 2.24. The van der Waals surface area contributed by atoms with Crippen molar-refractivity contribution in [1.82, 2.24) is 10.2 Å². The lowest BCUT2D eigenvalue weighted by Gasteiger charge is -2.12. The molecule has 0 aliphatic rings. The summed E-state index contributed by atoms with van der Waals surface area (Å²) in [4.78, 5) is 0. The first-order valence-electron chi connectivity index (χ1n) is 5.42. The van der Waals surface area contributed by atoms with Gasteiger partial charge in [0.1, 0.15) is 11.5 Å². The van der Waals surface area contributed by atoms with Gasteiger partial charge in [0.25, 0.3) is 0 Å². The van der Waals surface area contributed by atoms with Gasteiger partial charge in [-0.15, -0.1) is 0 Å². The van der Waals surface area contributed by atoms with Crippen molar-refractivity contribution < 1.29 is 4.42 Å². The van der Waals surface area contributed by atoms with Crippen LogP contribution in [0.4, 0.5) is 5.69 Å². The molecule has 0 bridgehead atoms. The second kappa shape index (κ2) is 4.04. The van der Waals surface area contributed by atoms with Crippen molar-refractivity contribution in [2.45, 2.75) is 33.7 Å². The van der Waals surface area contributed by atoms with Gasteiger partial charge in [-0.25, -0.2) is 0 Å². The van der Waals surface area contributed by atoms with E-state index < -0.39 is 0 Å². The van der Waals surface area contributed by atoms with Gasteiger partial charge >= 0.3 is 0 Å². The maximum Gasteiger partial charge on any atom is 0.126 e. The molecular formula is C12H17N3O. The number of aromatic amines is 1. The Labute approximate surface area is 95.1 Å². The first kappa shape index (κ1) is 10.8. The maximum absolute atomic E-state index is 5.58. The SMILES string of the molecule is Cc1ccc(C(C)Nc2c(C)n[nH]c2C)o1. The first-order valence-corrected chi connectivity index (χ1v) is 5.42. The average molecular weight is 219 g/mol. The monoisotopic (exact) mass is 219 g/mol. The molecule has 4 heteroatoms. The molecule has 0 radical (unpaired) electrons. The minimum absolute atomic E-state index is 0.142. The molecule has 16 heavy (non-hydrogen) atoms. The van der Waals surface area contributed by atoms with Crippen LogP contribution >= 0.6 is 0 Å². The summed E-state index contributed by atoms with van der Waals surface area (Å²) in [5, 5.41) is 10.5. The quantitative estimate of drug-likeness (QED) is 0.834. The van der Waals surface area contributed by atoms with E-state index in [1.807, 2.05) is 32.9 Å². The Balaban J connectivity index is 2.16. The van der Waals surface area contributed by atoms with Crippen molar-refractivity contribution in [3.63, 3.8) is 0 Å². The smallest absolute Gasteiger partial charge is 0.126 e. The number of hydrogen-bond donors (Lipinski definition) is 2. The second-order valence-corrected chi connectivity index (χ2v) is 4.12. The zero-order valence-corrected chi connectivity index (χ0v) is 10.1. The molecule has 0 aliphatic carbocycles. The van der Waals surface area contributed by atoms with Gasteiger partial charge in [-0.05, 0) is 39.8 Å². The highest BCUT2D eigenvalue weighted by molar-refractivity contribution is 5.52. The van der Waals surface area contributed by atoms with Gasteiger partial charge < -0.3 is 9.73 Å². The van der Waals surface area contributed by atoms with Crippen molar-refractivity contribution in [3.8, 4) is 0 Å². The molecule has 2 aromatic heterocycles. The highest BCUT2D eigenvalue weighted by Gasteiger charge is 2.13. The Morgan fingerprint density at radius 2 is 2.06 bits per heavy atom. The van der Waals surface area contributed by atoms with Gasteiger partial charge in [0, 0.05) is 0 Å². The van der Waals surface area contributed by atoms with E-state index in [1.54, 1.807) is 0 Å². The zero-order valence-electron chi connectivity index (χ0n) is 10.1. The van der Waals surface area contributed by atoms with Crippen molar-refractivity contribution >= 4 is 5.69 Å². The Morgan fingerprint density at radius 1 is 1.31 bits per heavy atom. The normalized spacial score (nSPS) is 12.8. The van der Waals surface area contributed by atoms with Crippen LogP contribution in [0.2, 0.25) is 0 Å². The number of H-pyrrole nitrogens is 1. The van der Waals surface area contributed by atoms with Crippen molar-refractivity contribution in [2.75, 3.05) is 5.32 Å². The molecule has 0 aliphatic heterocycles. The maximum atomic E-state index is 5.58. The summed E-state index contributed by atoms with van der Waals surface area (Å²) in [6.45, 7) is 8.00. The lowest BCUT2D eigenvalue weighted by molar-refractivity contribution is 0.467. The number of furan rings is 1. The van der Waals surface area contributed by atoms with Crippen LogP contribution < -0.4 is 5.32 Å². The fourth-order valence-electron chi connectivity index (χ4n) is 1.74. The molecule has 2 aromatic rings. The Bertz CT molecular complexity index is 465. The van der Waals surface area contributed by atoms with Crippen molar-refractivity contribution in [2.24, 2.45) is 0 Å². The third-order valence-electron chi connectivity index (χ3n) is 2.68. The van der Waals surface area contributed by atoms with E-state index in [4.69, 9.17) is 4.42 Å². The molecule has 0 amide bonds. The zero-order chi connectivity index (χ0) is 11.7. The molecule has 2 rings (SSSR count).